The predicted octanol–water partition coefficient (Wildman–Crippen LogP) is 4.59. The zero-order chi connectivity index (χ0) is 17.3. The van der Waals surface area contributed by atoms with E-state index in [0.29, 0.717) is 14.8 Å². The first-order valence-corrected chi connectivity index (χ1v) is 9.45. The summed E-state index contributed by atoms with van der Waals surface area (Å²) in [4.78, 5) is 15.1. The number of thioether (sulfide) groups is 1. The van der Waals surface area contributed by atoms with Crippen LogP contribution in [-0.2, 0) is 4.79 Å². The molecule has 2 aliphatic rings. The van der Waals surface area contributed by atoms with E-state index in [1.807, 2.05) is 0 Å². The van der Waals surface area contributed by atoms with Gasteiger partial charge in [0.2, 0.25) is 0 Å². The number of amides is 1. The number of hydrogen-bond donors (Lipinski definition) is 1. The van der Waals surface area contributed by atoms with Crippen molar-refractivity contribution >= 4 is 51.9 Å². The Balaban J connectivity index is 1.87. The highest BCUT2D eigenvalue weighted by atomic mass is 35.5. The van der Waals surface area contributed by atoms with E-state index < -0.39 is 0 Å². The Morgan fingerprint density at radius 3 is 2.75 bits per heavy atom. The van der Waals surface area contributed by atoms with Gasteiger partial charge in [-0.1, -0.05) is 54.8 Å². The van der Waals surface area contributed by atoms with Gasteiger partial charge in [0.05, 0.1) is 17.0 Å². The van der Waals surface area contributed by atoms with Gasteiger partial charge in [-0.15, -0.1) is 0 Å². The lowest BCUT2D eigenvalue weighted by Crippen LogP contribution is -2.39. The minimum absolute atomic E-state index is 0.0416. The molecule has 0 unspecified atom stereocenters. The Morgan fingerprint density at radius 2 is 2.08 bits per heavy atom. The minimum atomic E-state index is -0.105. The number of ether oxygens (including phenoxy) is 1. The highest BCUT2D eigenvalue weighted by Gasteiger charge is 2.37. The molecule has 0 spiro atoms. The molecule has 1 saturated heterocycles. The summed E-state index contributed by atoms with van der Waals surface area (Å²) >= 11 is 12.8. The van der Waals surface area contributed by atoms with E-state index in [-0.39, 0.29) is 28.5 Å². The highest BCUT2D eigenvalue weighted by molar-refractivity contribution is 8.26. The third-order valence-corrected chi connectivity index (χ3v) is 5.95. The topological polar surface area (TPSA) is 49.8 Å². The molecule has 1 aromatic carbocycles. The summed E-state index contributed by atoms with van der Waals surface area (Å²) in [6.07, 6.45) is 7.29. The highest BCUT2D eigenvalue weighted by Crippen LogP contribution is 2.39. The Bertz CT molecular complexity index is 714. The lowest BCUT2D eigenvalue weighted by atomic mass is 9.94. The lowest BCUT2D eigenvalue weighted by Gasteiger charge is -2.29. The molecule has 7 heteroatoms. The number of carbonyl (C=O) groups is 1. The molecule has 24 heavy (non-hydrogen) atoms. The van der Waals surface area contributed by atoms with Crippen molar-refractivity contribution in [2.24, 2.45) is 0 Å². The van der Waals surface area contributed by atoms with Crippen molar-refractivity contribution in [1.82, 2.24) is 4.90 Å². The van der Waals surface area contributed by atoms with Crippen LogP contribution < -0.4 is 4.74 Å². The molecule has 1 saturated carbocycles. The molecule has 2 fully saturated rings. The maximum absolute atomic E-state index is 12.8. The zero-order valence-corrected chi connectivity index (χ0v) is 15.6. The molecule has 0 radical (unpaired) electrons. The third-order valence-electron chi connectivity index (χ3n) is 4.33. The Labute approximate surface area is 155 Å². The molecule has 1 heterocycles. The van der Waals surface area contributed by atoms with Gasteiger partial charge in [0.1, 0.15) is 4.32 Å². The maximum Gasteiger partial charge on any atom is 0.266 e. The van der Waals surface area contributed by atoms with Crippen LogP contribution in [0.5, 0.6) is 11.5 Å². The van der Waals surface area contributed by atoms with Crippen LogP contribution in [0.15, 0.2) is 17.0 Å². The average Bonchev–Trinajstić information content (AvgIpc) is 2.85. The van der Waals surface area contributed by atoms with Crippen LogP contribution in [0.3, 0.4) is 0 Å². The second-order valence-electron chi connectivity index (χ2n) is 5.90. The predicted molar refractivity (Wildman–Crippen MR) is 102 cm³/mol. The molecule has 0 bridgehead atoms. The van der Waals surface area contributed by atoms with E-state index in [0.717, 1.165) is 25.7 Å². The molecule has 3 rings (SSSR count). The van der Waals surface area contributed by atoms with Gasteiger partial charge in [0.15, 0.2) is 11.5 Å². The minimum Gasteiger partial charge on any atom is -0.503 e. The molecule has 0 atom stereocenters. The van der Waals surface area contributed by atoms with Crippen molar-refractivity contribution in [3.63, 3.8) is 0 Å². The smallest absolute Gasteiger partial charge is 0.266 e. The van der Waals surface area contributed by atoms with Crippen molar-refractivity contribution in [2.45, 2.75) is 38.1 Å². The molecule has 1 aromatic rings. The summed E-state index contributed by atoms with van der Waals surface area (Å²) in [6.45, 7) is 0. The van der Waals surface area contributed by atoms with E-state index >= 15 is 0 Å². The van der Waals surface area contributed by atoms with E-state index in [9.17, 15) is 9.90 Å². The van der Waals surface area contributed by atoms with Crippen LogP contribution in [0.25, 0.3) is 6.08 Å². The number of thiocarbonyl (C=S) groups is 1. The summed E-state index contributed by atoms with van der Waals surface area (Å²) in [5.41, 5.74) is 0.693. The Morgan fingerprint density at radius 1 is 1.38 bits per heavy atom. The monoisotopic (exact) mass is 383 g/mol. The van der Waals surface area contributed by atoms with Crippen LogP contribution in [0.2, 0.25) is 5.02 Å². The number of phenols is 1. The SMILES string of the molecule is COc1cc(/C=C2/SC(=S)N(C3CCCCC3)C2=O)cc(Cl)c1O. The van der Waals surface area contributed by atoms with Gasteiger partial charge >= 0.3 is 0 Å². The Kier molecular flexibility index (Phi) is 5.37. The molecule has 128 valence electrons. The van der Waals surface area contributed by atoms with E-state index in [2.05, 4.69) is 0 Å². The first kappa shape index (κ1) is 17.6. The van der Waals surface area contributed by atoms with Gasteiger partial charge < -0.3 is 9.84 Å². The molecule has 1 aliphatic heterocycles. The number of rotatable bonds is 3. The van der Waals surface area contributed by atoms with Crippen molar-refractivity contribution in [3.05, 3.63) is 27.6 Å². The molecular formula is C17H18ClNO3S2. The van der Waals surface area contributed by atoms with Crippen LogP contribution in [-0.4, -0.2) is 33.4 Å². The number of phenolic OH excluding ortho intramolecular Hbond substituents is 1. The van der Waals surface area contributed by atoms with Crippen LogP contribution in [0, 0.1) is 0 Å². The van der Waals surface area contributed by atoms with Crippen molar-refractivity contribution < 1.29 is 14.6 Å². The van der Waals surface area contributed by atoms with Crippen molar-refractivity contribution in [2.75, 3.05) is 7.11 Å². The number of halogens is 1. The van der Waals surface area contributed by atoms with Crippen LogP contribution >= 0.6 is 35.6 Å². The molecule has 1 aliphatic carbocycles. The summed E-state index contributed by atoms with van der Waals surface area (Å²) in [5, 5.41) is 9.99. The fourth-order valence-electron chi connectivity index (χ4n) is 3.12. The average molecular weight is 384 g/mol. The second kappa shape index (κ2) is 7.33. The molecule has 0 aromatic heterocycles. The second-order valence-corrected chi connectivity index (χ2v) is 7.98. The standard InChI is InChI=1S/C17H18ClNO3S2/c1-22-13-8-10(7-12(18)15(13)20)9-14-16(21)19(17(23)24-14)11-5-3-2-4-6-11/h7-9,11,20H,2-6H2,1H3/b14-9+. The van der Waals surface area contributed by atoms with Gasteiger partial charge in [0, 0.05) is 6.04 Å². The summed E-state index contributed by atoms with van der Waals surface area (Å²) in [7, 11) is 1.46. The normalized spacial score (nSPS) is 20.9. The fraction of sp³-hybridized carbons (Fsp3) is 0.412. The van der Waals surface area contributed by atoms with Gasteiger partial charge in [-0.3, -0.25) is 9.69 Å². The zero-order valence-electron chi connectivity index (χ0n) is 13.3. The van der Waals surface area contributed by atoms with Crippen molar-refractivity contribution in [3.8, 4) is 11.5 Å². The number of methoxy groups -OCH3 is 1. The van der Waals surface area contributed by atoms with Crippen LogP contribution in [0.4, 0.5) is 0 Å². The van der Waals surface area contributed by atoms with Crippen LogP contribution in [0.1, 0.15) is 37.7 Å². The number of benzene rings is 1. The van der Waals surface area contributed by atoms with E-state index in [4.69, 9.17) is 28.6 Å². The molecule has 4 nitrogen and oxygen atoms in total. The van der Waals surface area contributed by atoms with Gasteiger partial charge in [0.25, 0.3) is 5.91 Å². The number of carbonyl (C=O) groups excluding carboxylic acids is 1. The van der Waals surface area contributed by atoms with Crippen molar-refractivity contribution in [1.29, 1.82) is 0 Å². The molecular weight excluding hydrogens is 366 g/mol. The quantitative estimate of drug-likeness (QED) is 0.611. The van der Waals surface area contributed by atoms with E-state index in [1.165, 1.54) is 25.3 Å². The fourth-order valence-corrected chi connectivity index (χ4v) is 4.74. The largest absolute Gasteiger partial charge is 0.503 e. The number of aromatic hydroxyl groups is 1. The summed E-state index contributed by atoms with van der Waals surface area (Å²) in [5.74, 6) is 0.127. The molecule has 1 amide bonds. The van der Waals surface area contributed by atoms with Gasteiger partial charge in [-0.05, 0) is 36.6 Å². The van der Waals surface area contributed by atoms with Gasteiger partial charge in [-0.25, -0.2) is 0 Å². The lowest BCUT2D eigenvalue weighted by molar-refractivity contribution is -0.124. The first-order chi connectivity index (χ1) is 11.5. The Hall–Kier alpha value is -1.24. The summed E-state index contributed by atoms with van der Waals surface area (Å²) < 4.78 is 5.72. The third kappa shape index (κ3) is 3.41. The number of hydrogen-bond acceptors (Lipinski definition) is 5. The maximum atomic E-state index is 12.8. The molecule has 1 N–H and O–H groups in total. The first-order valence-electron chi connectivity index (χ1n) is 7.85. The summed E-state index contributed by atoms with van der Waals surface area (Å²) in [6, 6.07) is 3.47. The van der Waals surface area contributed by atoms with E-state index in [1.54, 1.807) is 23.1 Å². The number of nitrogens with zero attached hydrogens (tertiary/aromatic N) is 1. The van der Waals surface area contributed by atoms with Gasteiger partial charge in [-0.2, -0.15) is 0 Å².